The summed E-state index contributed by atoms with van der Waals surface area (Å²) in [6.45, 7) is 0.391. The predicted octanol–water partition coefficient (Wildman–Crippen LogP) is 3.79. The number of hydrogen-bond donors (Lipinski definition) is 2. The highest BCUT2D eigenvalue weighted by Crippen LogP contribution is 2.09. The van der Waals surface area contributed by atoms with Crippen LogP contribution in [0.3, 0.4) is 0 Å². The molecule has 8 heteroatoms. The van der Waals surface area contributed by atoms with Gasteiger partial charge in [-0.2, -0.15) is 0 Å². The predicted molar refractivity (Wildman–Crippen MR) is 101 cm³/mol. The molecule has 0 fully saturated rings. The van der Waals surface area contributed by atoms with Gasteiger partial charge in [-0.3, -0.25) is 10.3 Å². The quantitative estimate of drug-likeness (QED) is 0.183. The number of benzene rings is 1. The van der Waals surface area contributed by atoms with E-state index in [1.54, 1.807) is 18.3 Å². The molecular formula is C14H12ClIN4OS. The number of nitrogens with one attached hydrogen (secondary N) is 2. The highest BCUT2D eigenvalue weighted by Gasteiger charge is 1.96. The summed E-state index contributed by atoms with van der Waals surface area (Å²) in [5, 5.41) is 3.87. The highest BCUT2D eigenvalue weighted by atomic mass is 127. The topological polar surface area (TPSA) is 58.5 Å². The third-order valence-electron chi connectivity index (χ3n) is 2.43. The van der Waals surface area contributed by atoms with Crippen LogP contribution in [-0.2, 0) is 11.4 Å². The lowest BCUT2D eigenvalue weighted by molar-refractivity contribution is 0.0746. The van der Waals surface area contributed by atoms with Crippen LogP contribution in [0.4, 0.5) is 5.82 Å². The smallest absolute Gasteiger partial charge is 0.199 e. The van der Waals surface area contributed by atoms with Crippen LogP contribution in [0.1, 0.15) is 5.56 Å². The third-order valence-corrected chi connectivity index (χ3v) is 3.53. The van der Waals surface area contributed by atoms with E-state index in [1.165, 1.54) is 6.34 Å². The number of nitrogens with zero attached hydrogens (tertiary/aromatic N) is 2. The summed E-state index contributed by atoms with van der Waals surface area (Å²) in [6, 6.07) is 11.1. The highest BCUT2D eigenvalue weighted by molar-refractivity contribution is 14.1. The first-order valence-electron chi connectivity index (χ1n) is 6.20. The molecule has 1 aromatic heterocycles. The monoisotopic (exact) mass is 446 g/mol. The average Bonchev–Trinajstić information content (AvgIpc) is 2.51. The van der Waals surface area contributed by atoms with E-state index in [2.05, 4.69) is 43.4 Å². The van der Waals surface area contributed by atoms with Crippen LogP contribution >= 0.6 is 46.4 Å². The van der Waals surface area contributed by atoms with Crippen molar-refractivity contribution in [3.63, 3.8) is 0 Å². The van der Waals surface area contributed by atoms with Crippen molar-refractivity contribution < 1.29 is 4.84 Å². The summed E-state index contributed by atoms with van der Waals surface area (Å²) in [5.74, 6) is 0.643. The minimum atomic E-state index is 0.288. The molecular weight excluding hydrogens is 435 g/mol. The number of thiocarbonyl (C=S) groups is 1. The Morgan fingerprint density at radius 3 is 2.77 bits per heavy atom. The van der Waals surface area contributed by atoms with Crippen molar-refractivity contribution in [3.8, 4) is 0 Å². The number of halogens is 2. The van der Waals surface area contributed by atoms with E-state index in [0.717, 1.165) is 9.13 Å². The van der Waals surface area contributed by atoms with E-state index in [4.69, 9.17) is 28.7 Å². The molecule has 1 heterocycles. The minimum absolute atomic E-state index is 0.288. The zero-order valence-electron chi connectivity index (χ0n) is 11.3. The number of rotatable bonds is 5. The lowest BCUT2D eigenvalue weighted by atomic mass is 10.2. The minimum Gasteiger partial charge on any atom is -0.316 e. The van der Waals surface area contributed by atoms with Gasteiger partial charge in [0.05, 0.1) is 6.61 Å². The van der Waals surface area contributed by atoms with E-state index < -0.39 is 0 Å². The number of anilines is 1. The van der Waals surface area contributed by atoms with Crippen molar-refractivity contribution in [2.45, 2.75) is 6.61 Å². The molecule has 0 radical (unpaired) electrons. The molecule has 5 nitrogen and oxygen atoms in total. The molecule has 2 N–H and O–H groups in total. The fourth-order valence-corrected chi connectivity index (χ4v) is 2.02. The van der Waals surface area contributed by atoms with Crippen molar-refractivity contribution in [3.05, 3.63) is 56.8 Å². The molecule has 114 valence electrons. The second kappa shape index (κ2) is 8.99. The van der Waals surface area contributed by atoms with Gasteiger partial charge >= 0.3 is 0 Å². The number of hydroxylamine groups is 1. The lowest BCUT2D eigenvalue weighted by Crippen LogP contribution is -2.15. The Bertz CT molecular complexity index is 649. The molecule has 0 unspecified atom stereocenters. The Hall–Kier alpha value is -1.29. The molecule has 0 amide bonds. The van der Waals surface area contributed by atoms with E-state index in [9.17, 15) is 0 Å². The second-order valence-corrected chi connectivity index (χ2v) is 6.15. The first-order valence-corrected chi connectivity index (χ1v) is 8.07. The van der Waals surface area contributed by atoms with Crippen LogP contribution in [0.2, 0.25) is 5.02 Å². The molecule has 2 aromatic rings. The number of pyridine rings is 1. The maximum absolute atomic E-state index is 5.80. The zero-order chi connectivity index (χ0) is 15.8. The summed E-state index contributed by atoms with van der Waals surface area (Å²) in [7, 11) is 0. The van der Waals surface area contributed by atoms with Gasteiger partial charge in [-0.05, 0) is 64.6 Å². The lowest BCUT2D eigenvalue weighted by Gasteiger charge is -2.04. The zero-order valence-corrected chi connectivity index (χ0v) is 15.0. The molecule has 0 aliphatic carbocycles. The Balaban J connectivity index is 1.69. The fraction of sp³-hybridized carbons (Fsp3) is 0.0714. The molecule has 22 heavy (non-hydrogen) atoms. The second-order valence-electron chi connectivity index (χ2n) is 4.08. The normalized spacial score (nSPS) is 10.6. The van der Waals surface area contributed by atoms with Crippen molar-refractivity contribution in [1.82, 2.24) is 10.5 Å². The van der Waals surface area contributed by atoms with Gasteiger partial charge in [0.1, 0.15) is 12.2 Å². The van der Waals surface area contributed by atoms with Gasteiger partial charge in [-0.25, -0.2) is 9.98 Å². The molecule has 0 saturated carbocycles. The Morgan fingerprint density at radius 2 is 2.09 bits per heavy atom. The van der Waals surface area contributed by atoms with Crippen LogP contribution in [-0.4, -0.2) is 16.4 Å². The third kappa shape index (κ3) is 6.22. The average molecular weight is 447 g/mol. The molecule has 0 aliphatic rings. The van der Waals surface area contributed by atoms with E-state index >= 15 is 0 Å². The molecule has 1 aromatic carbocycles. The maximum atomic E-state index is 5.80. The number of hydrogen-bond acceptors (Lipinski definition) is 3. The maximum Gasteiger partial charge on any atom is 0.199 e. The summed E-state index contributed by atoms with van der Waals surface area (Å²) in [4.78, 5) is 13.4. The van der Waals surface area contributed by atoms with Gasteiger partial charge in [0, 0.05) is 14.8 Å². The molecule has 2 rings (SSSR count). The van der Waals surface area contributed by atoms with Crippen LogP contribution in [0.25, 0.3) is 0 Å². The van der Waals surface area contributed by atoms with Crippen LogP contribution in [0.5, 0.6) is 0 Å². The molecule has 0 spiro atoms. The number of aliphatic imine (C=N–C) groups is 1. The Kier molecular flexibility index (Phi) is 6.97. The van der Waals surface area contributed by atoms with Crippen LogP contribution < -0.4 is 10.8 Å². The molecule has 0 atom stereocenters. The standard InChI is InChI=1S/C14H12ClIN4OS/c15-11-3-1-10(2-4-11)8-21-19-9-18-14(22)20-13-6-5-12(16)7-17-13/h1-7,9H,8H2,(H2,17,18,19,20,22). The van der Waals surface area contributed by atoms with Crippen molar-refractivity contribution in [2.24, 2.45) is 4.99 Å². The van der Waals surface area contributed by atoms with Gasteiger partial charge in [0.2, 0.25) is 0 Å². The van der Waals surface area contributed by atoms with Crippen LogP contribution in [0.15, 0.2) is 47.6 Å². The van der Waals surface area contributed by atoms with Crippen molar-refractivity contribution >= 4 is 63.7 Å². The van der Waals surface area contributed by atoms with E-state index in [0.29, 0.717) is 17.4 Å². The van der Waals surface area contributed by atoms with Crippen molar-refractivity contribution in [1.29, 1.82) is 0 Å². The first-order chi connectivity index (χ1) is 10.6. The van der Waals surface area contributed by atoms with Crippen LogP contribution in [0, 0.1) is 3.57 Å². The summed E-state index contributed by atoms with van der Waals surface area (Å²) in [6.07, 6.45) is 3.11. The van der Waals surface area contributed by atoms with Gasteiger partial charge in [-0.1, -0.05) is 23.7 Å². The molecule has 0 aliphatic heterocycles. The first kappa shape index (κ1) is 17.1. The van der Waals surface area contributed by atoms with Gasteiger partial charge in [0.25, 0.3) is 0 Å². The molecule has 0 bridgehead atoms. The van der Waals surface area contributed by atoms with Gasteiger partial charge < -0.3 is 5.32 Å². The van der Waals surface area contributed by atoms with E-state index in [1.807, 2.05) is 24.3 Å². The van der Waals surface area contributed by atoms with Crippen molar-refractivity contribution in [2.75, 3.05) is 5.32 Å². The van der Waals surface area contributed by atoms with Gasteiger partial charge in [-0.15, -0.1) is 0 Å². The Labute approximate surface area is 152 Å². The summed E-state index contributed by atoms with van der Waals surface area (Å²) < 4.78 is 1.05. The summed E-state index contributed by atoms with van der Waals surface area (Å²) >= 11 is 13.0. The Morgan fingerprint density at radius 1 is 1.32 bits per heavy atom. The number of aromatic nitrogens is 1. The van der Waals surface area contributed by atoms with E-state index in [-0.39, 0.29) is 5.11 Å². The fourth-order valence-electron chi connectivity index (χ4n) is 1.42. The van der Waals surface area contributed by atoms with Gasteiger partial charge in [0.15, 0.2) is 5.11 Å². The SMILES string of the molecule is S=C(/N=C/NOCc1ccc(Cl)cc1)Nc1ccc(I)cn1. The largest absolute Gasteiger partial charge is 0.316 e. The molecule has 0 saturated heterocycles. The summed E-state index contributed by atoms with van der Waals surface area (Å²) in [5.41, 5.74) is 3.60.